The molecule has 0 radical (unpaired) electrons. The van der Waals surface area contributed by atoms with Crippen LogP contribution in [0, 0.1) is 0 Å². The van der Waals surface area contributed by atoms with E-state index >= 15 is 0 Å². The second kappa shape index (κ2) is 15.4. The van der Waals surface area contributed by atoms with Crippen molar-refractivity contribution in [3.8, 4) is 0 Å². The molecule has 0 aromatic heterocycles. The van der Waals surface area contributed by atoms with Crippen molar-refractivity contribution in [1.29, 1.82) is 0 Å². The molecular formula is C28H46N4O6. The van der Waals surface area contributed by atoms with Crippen molar-refractivity contribution in [3.63, 3.8) is 0 Å². The molecule has 0 spiro atoms. The van der Waals surface area contributed by atoms with Crippen molar-refractivity contribution in [1.82, 2.24) is 9.80 Å². The van der Waals surface area contributed by atoms with E-state index in [1.807, 2.05) is 52.0 Å². The van der Waals surface area contributed by atoms with Gasteiger partial charge in [-0.05, 0) is 51.2 Å². The minimum atomic E-state index is -1.01. The number of esters is 1. The first-order valence-corrected chi connectivity index (χ1v) is 13.2. The van der Waals surface area contributed by atoms with Crippen LogP contribution in [0.25, 0.3) is 0 Å². The molecule has 0 fully saturated rings. The number of aliphatic carboxylic acids is 1. The zero-order valence-electron chi connectivity index (χ0n) is 23.6. The van der Waals surface area contributed by atoms with E-state index in [-0.39, 0.29) is 37.5 Å². The lowest BCUT2D eigenvalue weighted by Gasteiger charge is -2.29. The van der Waals surface area contributed by atoms with E-state index in [9.17, 15) is 19.2 Å². The van der Waals surface area contributed by atoms with Crippen molar-refractivity contribution in [2.24, 2.45) is 11.5 Å². The Bertz CT molecular complexity index is 924. The Labute approximate surface area is 226 Å². The number of nitrogens with two attached hydrogens (primary N) is 2. The van der Waals surface area contributed by atoms with E-state index in [1.165, 1.54) is 7.11 Å². The zero-order valence-corrected chi connectivity index (χ0v) is 23.6. The molecule has 0 saturated heterocycles. The molecule has 0 bridgehead atoms. The van der Waals surface area contributed by atoms with Gasteiger partial charge in [-0.2, -0.15) is 0 Å². The minimum absolute atomic E-state index is 0.0176. The van der Waals surface area contributed by atoms with Gasteiger partial charge in [0.15, 0.2) is 0 Å². The molecule has 0 saturated carbocycles. The number of carboxylic acid groups (broad SMARTS) is 1. The van der Waals surface area contributed by atoms with E-state index in [2.05, 4.69) is 4.74 Å². The summed E-state index contributed by atoms with van der Waals surface area (Å²) >= 11 is 0. The quantitative estimate of drug-likeness (QED) is 0.258. The molecule has 0 aliphatic carbocycles. The maximum atomic E-state index is 12.9. The molecule has 38 heavy (non-hydrogen) atoms. The number of rotatable bonds is 17. The molecule has 5 N–H and O–H groups in total. The third-order valence-electron chi connectivity index (χ3n) is 6.59. The van der Waals surface area contributed by atoms with Gasteiger partial charge < -0.3 is 31.1 Å². The number of amides is 2. The molecule has 1 aromatic carbocycles. The van der Waals surface area contributed by atoms with Crippen molar-refractivity contribution < 1.29 is 29.0 Å². The number of carbonyl (C=O) groups excluding carboxylic acids is 3. The van der Waals surface area contributed by atoms with Crippen LogP contribution in [0.4, 0.5) is 0 Å². The summed E-state index contributed by atoms with van der Waals surface area (Å²) in [6, 6.07) is 7.61. The van der Waals surface area contributed by atoms with Crippen molar-refractivity contribution in [2.45, 2.75) is 96.8 Å². The van der Waals surface area contributed by atoms with E-state index in [0.717, 1.165) is 17.5 Å². The topological polar surface area (TPSA) is 156 Å². The highest BCUT2D eigenvalue weighted by molar-refractivity contribution is 5.81. The molecule has 0 heterocycles. The third kappa shape index (κ3) is 13.5. The number of hydrogen-bond donors (Lipinski definition) is 3. The van der Waals surface area contributed by atoms with Gasteiger partial charge in [-0.15, -0.1) is 0 Å². The zero-order chi connectivity index (χ0) is 28.9. The van der Waals surface area contributed by atoms with Gasteiger partial charge in [-0.25, -0.2) is 0 Å². The van der Waals surface area contributed by atoms with Gasteiger partial charge in [0.25, 0.3) is 0 Å². The molecule has 1 unspecified atom stereocenters. The Hall–Kier alpha value is -2.98. The fraction of sp³-hybridized carbons (Fsp3) is 0.643. The standard InChI is InChI=1S/C28H46N4O6/c1-6-28(4,30)16-18-32(24(34)12-14-26(37)38-5)20-22-9-7-21(8-10-22)19-31(17-15-27(2,3)29)23(33)11-13-25(35)36/h7-10H,6,11-20,29-30H2,1-5H3,(H,35,36). The Morgan fingerprint density at radius 3 is 1.66 bits per heavy atom. The molecule has 1 aromatic rings. The fourth-order valence-electron chi connectivity index (χ4n) is 3.61. The lowest BCUT2D eigenvalue weighted by molar-refractivity contribution is -0.143. The van der Waals surface area contributed by atoms with Crippen LogP contribution in [0.1, 0.15) is 83.8 Å². The molecule has 1 rings (SSSR count). The van der Waals surface area contributed by atoms with Crippen molar-refractivity contribution >= 4 is 23.8 Å². The average Bonchev–Trinajstić information content (AvgIpc) is 2.86. The maximum absolute atomic E-state index is 12.9. The predicted octanol–water partition coefficient (Wildman–Crippen LogP) is 2.81. The maximum Gasteiger partial charge on any atom is 0.306 e. The highest BCUT2D eigenvalue weighted by Crippen LogP contribution is 2.17. The summed E-state index contributed by atoms with van der Waals surface area (Å²) in [5.74, 6) is -1.82. The molecular weight excluding hydrogens is 488 g/mol. The normalized spacial score (nSPS) is 12.9. The number of hydrogen-bond acceptors (Lipinski definition) is 7. The van der Waals surface area contributed by atoms with Gasteiger partial charge in [0.1, 0.15) is 0 Å². The Morgan fingerprint density at radius 2 is 1.26 bits per heavy atom. The molecule has 10 nitrogen and oxygen atoms in total. The van der Waals surface area contributed by atoms with Gasteiger partial charge >= 0.3 is 11.9 Å². The van der Waals surface area contributed by atoms with Gasteiger partial charge in [-0.1, -0.05) is 31.2 Å². The van der Waals surface area contributed by atoms with Crippen LogP contribution >= 0.6 is 0 Å². The van der Waals surface area contributed by atoms with Gasteiger partial charge in [0, 0.05) is 50.1 Å². The highest BCUT2D eigenvalue weighted by atomic mass is 16.5. The summed E-state index contributed by atoms with van der Waals surface area (Å²) in [7, 11) is 1.30. The van der Waals surface area contributed by atoms with Gasteiger partial charge in [0.2, 0.25) is 11.8 Å². The van der Waals surface area contributed by atoms with Crippen molar-refractivity contribution in [2.75, 3.05) is 20.2 Å². The third-order valence-corrected chi connectivity index (χ3v) is 6.59. The highest BCUT2D eigenvalue weighted by Gasteiger charge is 2.22. The summed E-state index contributed by atoms with van der Waals surface area (Å²) in [6.45, 7) is 9.30. The van der Waals surface area contributed by atoms with Crippen molar-refractivity contribution in [3.05, 3.63) is 35.4 Å². The first kappa shape index (κ1) is 33.0. The van der Waals surface area contributed by atoms with Gasteiger partial charge in [0.05, 0.1) is 20.0 Å². The Morgan fingerprint density at radius 1 is 0.816 bits per heavy atom. The number of benzene rings is 1. The number of methoxy groups -OCH3 is 1. The largest absolute Gasteiger partial charge is 0.481 e. The number of nitrogens with zero attached hydrogens (tertiary/aromatic N) is 2. The van der Waals surface area contributed by atoms with Crippen LogP contribution < -0.4 is 11.5 Å². The average molecular weight is 535 g/mol. The van der Waals surface area contributed by atoms with E-state index in [0.29, 0.717) is 39.0 Å². The molecule has 10 heteroatoms. The van der Waals surface area contributed by atoms with Crippen LogP contribution in [0.2, 0.25) is 0 Å². The second-order valence-corrected chi connectivity index (χ2v) is 10.9. The lowest BCUT2D eigenvalue weighted by Crippen LogP contribution is -2.41. The first-order chi connectivity index (χ1) is 17.7. The first-order valence-electron chi connectivity index (χ1n) is 13.2. The molecule has 0 aliphatic heterocycles. The molecule has 0 aliphatic rings. The van der Waals surface area contributed by atoms with E-state index < -0.39 is 23.0 Å². The summed E-state index contributed by atoms with van der Waals surface area (Å²) in [5, 5.41) is 8.96. The monoisotopic (exact) mass is 534 g/mol. The van der Waals surface area contributed by atoms with E-state index in [4.69, 9.17) is 16.6 Å². The molecule has 214 valence electrons. The summed E-state index contributed by atoms with van der Waals surface area (Å²) in [5.41, 5.74) is 13.3. The summed E-state index contributed by atoms with van der Waals surface area (Å²) in [4.78, 5) is 51.4. The number of carboxylic acids is 1. The van der Waals surface area contributed by atoms with Crippen LogP contribution in [0.5, 0.6) is 0 Å². The molecule has 2 amide bonds. The van der Waals surface area contributed by atoms with Crippen LogP contribution in [-0.4, -0.2) is 69.9 Å². The van der Waals surface area contributed by atoms with Crippen LogP contribution in [-0.2, 0) is 37.0 Å². The smallest absolute Gasteiger partial charge is 0.306 e. The fourth-order valence-corrected chi connectivity index (χ4v) is 3.61. The van der Waals surface area contributed by atoms with Gasteiger partial charge in [-0.3, -0.25) is 19.2 Å². The summed E-state index contributed by atoms with van der Waals surface area (Å²) < 4.78 is 4.66. The van der Waals surface area contributed by atoms with E-state index in [1.54, 1.807) is 9.80 Å². The lowest BCUT2D eigenvalue weighted by atomic mass is 9.95. The Kier molecular flexibility index (Phi) is 13.4. The summed E-state index contributed by atoms with van der Waals surface area (Å²) in [6.07, 6.45) is 1.75. The predicted molar refractivity (Wildman–Crippen MR) is 146 cm³/mol. The molecule has 1 atom stereocenters. The number of ether oxygens (including phenoxy) is 1. The Balaban J connectivity index is 2.96. The number of carbonyl (C=O) groups is 4. The SMILES string of the molecule is CCC(C)(N)CCN(Cc1ccc(CN(CCC(C)(C)N)C(=O)CCC(=O)O)cc1)C(=O)CCC(=O)OC. The van der Waals surface area contributed by atoms with Crippen LogP contribution in [0.15, 0.2) is 24.3 Å². The second-order valence-electron chi connectivity index (χ2n) is 10.9. The van der Waals surface area contributed by atoms with Crippen LogP contribution in [0.3, 0.4) is 0 Å². The minimum Gasteiger partial charge on any atom is -0.481 e.